The van der Waals surface area contributed by atoms with Gasteiger partial charge in [0.2, 0.25) is 0 Å². The summed E-state index contributed by atoms with van der Waals surface area (Å²) in [4.78, 5) is 14.8. The van der Waals surface area contributed by atoms with Crippen molar-refractivity contribution < 1.29 is 13.9 Å². The Labute approximate surface area is 141 Å². The van der Waals surface area contributed by atoms with Crippen molar-refractivity contribution in [3.8, 4) is 0 Å². The Bertz CT molecular complexity index is 745. The highest BCUT2D eigenvalue weighted by Gasteiger charge is 2.35. The van der Waals surface area contributed by atoms with Crippen LogP contribution in [0.1, 0.15) is 46.5 Å². The fourth-order valence-electron chi connectivity index (χ4n) is 3.39. The molecule has 1 aliphatic heterocycles. The summed E-state index contributed by atoms with van der Waals surface area (Å²) >= 11 is 0. The molecule has 0 saturated heterocycles. The first-order valence-corrected chi connectivity index (χ1v) is 8.59. The number of aryl methyl sites for hydroxylation is 2. The number of aromatic nitrogens is 2. The number of fused-ring (bicyclic) bond motifs is 1. The third kappa shape index (κ3) is 2.86. The van der Waals surface area contributed by atoms with Gasteiger partial charge in [0, 0.05) is 20.2 Å². The van der Waals surface area contributed by atoms with Crippen molar-refractivity contribution in [1.29, 1.82) is 0 Å². The van der Waals surface area contributed by atoms with Gasteiger partial charge in [-0.3, -0.25) is 9.48 Å². The lowest BCUT2D eigenvalue weighted by molar-refractivity contribution is 0.0326. The molecular weight excluding hydrogens is 306 g/mol. The molecule has 2 aromatic heterocycles. The van der Waals surface area contributed by atoms with Crippen molar-refractivity contribution in [2.45, 2.75) is 32.2 Å². The first-order chi connectivity index (χ1) is 11.6. The Morgan fingerprint density at radius 1 is 1.38 bits per heavy atom. The zero-order valence-electron chi connectivity index (χ0n) is 14.2. The number of hydrogen-bond acceptors (Lipinski definition) is 4. The van der Waals surface area contributed by atoms with Crippen LogP contribution in [0.5, 0.6) is 0 Å². The number of ether oxygens (including phenoxy) is 1. The highest BCUT2D eigenvalue weighted by Crippen LogP contribution is 2.33. The Morgan fingerprint density at radius 3 is 2.92 bits per heavy atom. The topological polar surface area (TPSA) is 60.5 Å². The molecule has 2 aliphatic rings. The maximum absolute atomic E-state index is 12.9. The van der Waals surface area contributed by atoms with Gasteiger partial charge >= 0.3 is 0 Å². The summed E-state index contributed by atoms with van der Waals surface area (Å²) in [5.74, 6) is 1.77. The molecule has 24 heavy (non-hydrogen) atoms. The quantitative estimate of drug-likeness (QED) is 0.845. The normalized spacial score (nSPS) is 20.2. The summed E-state index contributed by atoms with van der Waals surface area (Å²) in [6, 6.07) is 3.46. The van der Waals surface area contributed by atoms with Crippen LogP contribution in [0.25, 0.3) is 0 Å². The summed E-state index contributed by atoms with van der Waals surface area (Å²) in [7, 11) is 1.93. The minimum absolute atomic E-state index is 0.0741. The number of furan rings is 1. The molecule has 0 bridgehead atoms. The molecule has 1 atom stereocenters. The monoisotopic (exact) mass is 329 g/mol. The van der Waals surface area contributed by atoms with Gasteiger partial charge in [-0.05, 0) is 49.8 Å². The number of carbonyl (C=O) groups is 1. The van der Waals surface area contributed by atoms with Gasteiger partial charge in [-0.1, -0.05) is 0 Å². The summed E-state index contributed by atoms with van der Waals surface area (Å²) in [6.45, 7) is 3.80. The molecule has 4 rings (SSSR count). The molecular formula is C18H23N3O3. The molecule has 1 unspecified atom stereocenters. The van der Waals surface area contributed by atoms with Crippen LogP contribution in [-0.2, 0) is 18.2 Å². The summed E-state index contributed by atoms with van der Waals surface area (Å²) in [5, 5.41) is 4.37. The smallest absolute Gasteiger partial charge is 0.290 e. The van der Waals surface area contributed by atoms with Gasteiger partial charge in [0.15, 0.2) is 5.76 Å². The highest BCUT2D eigenvalue weighted by molar-refractivity contribution is 5.92. The SMILES string of the molecule is Cc1ccc(C(=O)N2CCc3cnn(C)c3C2COCC2CC2)o1. The van der Waals surface area contributed by atoms with E-state index in [2.05, 4.69) is 5.10 Å². The van der Waals surface area contributed by atoms with Crippen molar-refractivity contribution in [2.24, 2.45) is 13.0 Å². The van der Waals surface area contributed by atoms with Crippen molar-refractivity contribution in [1.82, 2.24) is 14.7 Å². The third-order valence-electron chi connectivity index (χ3n) is 4.92. The molecule has 0 aromatic carbocycles. The Morgan fingerprint density at radius 2 is 2.21 bits per heavy atom. The molecule has 6 nitrogen and oxygen atoms in total. The lowest BCUT2D eigenvalue weighted by atomic mass is 10.00. The maximum Gasteiger partial charge on any atom is 0.290 e. The van der Waals surface area contributed by atoms with Crippen molar-refractivity contribution in [3.63, 3.8) is 0 Å². The van der Waals surface area contributed by atoms with Crippen LogP contribution < -0.4 is 0 Å². The third-order valence-corrected chi connectivity index (χ3v) is 4.92. The predicted molar refractivity (Wildman–Crippen MR) is 87.7 cm³/mol. The average Bonchev–Trinajstić information content (AvgIpc) is 3.17. The Hall–Kier alpha value is -2.08. The fourth-order valence-corrected chi connectivity index (χ4v) is 3.39. The lowest BCUT2D eigenvalue weighted by Gasteiger charge is -2.35. The molecule has 2 aromatic rings. The molecule has 1 aliphatic carbocycles. The van der Waals surface area contributed by atoms with Gasteiger partial charge in [0.1, 0.15) is 5.76 Å². The number of carbonyl (C=O) groups excluding carboxylic acids is 1. The maximum atomic E-state index is 12.9. The molecule has 0 radical (unpaired) electrons. The van der Waals surface area contributed by atoms with Crippen LogP contribution in [0.15, 0.2) is 22.7 Å². The minimum atomic E-state index is -0.113. The van der Waals surface area contributed by atoms with Crippen molar-refractivity contribution in [3.05, 3.63) is 41.1 Å². The highest BCUT2D eigenvalue weighted by atomic mass is 16.5. The molecule has 0 spiro atoms. The summed E-state index contributed by atoms with van der Waals surface area (Å²) in [5.41, 5.74) is 2.28. The van der Waals surface area contributed by atoms with Crippen LogP contribution in [-0.4, -0.2) is 40.3 Å². The van der Waals surface area contributed by atoms with Crippen LogP contribution in [0.3, 0.4) is 0 Å². The van der Waals surface area contributed by atoms with E-state index in [-0.39, 0.29) is 11.9 Å². The number of amides is 1. The van der Waals surface area contributed by atoms with Crippen LogP contribution >= 0.6 is 0 Å². The molecule has 0 N–H and O–H groups in total. The van der Waals surface area contributed by atoms with E-state index in [0.717, 1.165) is 24.5 Å². The van der Waals surface area contributed by atoms with Gasteiger partial charge in [-0.15, -0.1) is 0 Å². The van der Waals surface area contributed by atoms with Gasteiger partial charge in [-0.25, -0.2) is 0 Å². The fraction of sp³-hybridized carbons (Fsp3) is 0.556. The Balaban J connectivity index is 1.58. The second-order valence-electron chi connectivity index (χ2n) is 6.83. The molecule has 6 heteroatoms. The van der Waals surface area contributed by atoms with Crippen molar-refractivity contribution >= 4 is 5.91 Å². The van der Waals surface area contributed by atoms with Crippen LogP contribution in [0.2, 0.25) is 0 Å². The number of nitrogens with zero attached hydrogens (tertiary/aromatic N) is 3. The minimum Gasteiger partial charge on any atom is -0.456 e. The molecule has 128 valence electrons. The van der Waals surface area contributed by atoms with E-state index in [1.165, 1.54) is 18.4 Å². The van der Waals surface area contributed by atoms with Gasteiger partial charge in [0.25, 0.3) is 5.91 Å². The van der Waals surface area contributed by atoms with Gasteiger partial charge in [-0.2, -0.15) is 5.10 Å². The van der Waals surface area contributed by atoms with Crippen LogP contribution in [0.4, 0.5) is 0 Å². The summed E-state index contributed by atoms with van der Waals surface area (Å²) < 4.78 is 13.3. The Kier molecular flexibility index (Phi) is 3.92. The lowest BCUT2D eigenvalue weighted by Crippen LogP contribution is -2.42. The standard InChI is InChI=1S/C18H23N3O3/c1-12-3-6-16(24-12)18(22)21-8-7-14-9-19-20(2)17(14)15(21)11-23-10-13-4-5-13/h3,6,9,13,15H,4-5,7-8,10-11H2,1-2H3. The van der Waals surface area contributed by atoms with Gasteiger partial charge in [0.05, 0.1) is 24.5 Å². The molecule has 3 heterocycles. The van der Waals surface area contributed by atoms with Crippen molar-refractivity contribution in [2.75, 3.05) is 19.8 Å². The van der Waals surface area contributed by atoms with Gasteiger partial charge < -0.3 is 14.1 Å². The van der Waals surface area contributed by atoms with E-state index in [4.69, 9.17) is 9.15 Å². The van der Waals surface area contributed by atoms with E-state index in [0.29, 0.717) is 24.8 Å². The second-order valence-corrected chi connectivity index (χ2v) is 6.83. The van der Waals surface area contributed by atoms with E-state index >= 15 is 0 Å². The zero-order chi connectivity index (χ0) is 16.7. The second kappa shape index (κ2) is 6.09. The predicted octanol–water partition coefficient (Wildman–Crippen LogP) is 2.49. The molecule has 1 saturated carbocycles. The molecule has 1 amide bonds. The first-order valence-electron chi connectivity index (χ1n) is 8.59. The number of rotatable bonds is 5. The van der Waals surface area contributed by atoms with E-state index in [1.807, 2.05) is 35.8 Å². The van der Waals surface area contributed by atoms with E-state index in [1.54, 1.807) is 6.07 Å². The van der Waals surface area contributed by atoms with Crippen LogP contribution in [0, 0.1) is 12.8 Å². The van der Waals surface area contributed by atoms with E-state index < -0.39 is 0 Å². The average molecular weight is 329 g/mol. The number of hydrogen-bond donors (Lipinski definition) is 0. The molecule has 1 fully saturated rings. The zero-order valence-corrected chi connectivity index (χ0v) is 14.2. The van der Waals surface area contributed by atoms with E-state index in [9.17, 15) is 4.79 Å². The largest absolute Gasteiger partial charge is 0.456 e. The summed E-state index contributed by atoms with van der Waals surface area (Å²) in [6.07, 6.45) is 5.24. The first kappa shape index (κ1) is 15.4.